The maximum absolute atomic E-state index is 6.47. The van der Waals surface area contributed by atoms with E-state index in [4.69, 9.17) is 8.83 Å². The highest BCUT2D eigenvalue weighted by Gasteiger charge is 2.20. The number of nitrogens with zero attached hydrogens (tertiary/aromatic N) is 2. The van der Waals surface area contributed by atoms with Gasteiger partial charge in [-0.3, -0.25) is 0 Å². The van der Waals surface area contributed by atoms with Crippen LogP contribution in [0, 0.1) is 0 Å². The molecule has 2 heterocycles. The van der Waals surface area contributed by atoms with Gasteiger partial charge in [0.05, 0.1) is 0 Å². The van der Waals surface area contributed by atoms with E-state index in [9.17, 15) is 0 Å². The topological polar surface area (TPSA) is 32.8 Å². The maximum Gasteiger partial charge on any atom is 0.137 e. The minimum Gasteiger partial charge on any atom is -0.456 e. The highest BCUT2D eigenvalue weighted by molar-refractivity contribution is 6.17. The van der Waals surface area contributed by atoms with Crippen LogP contribution in [0.15, 0.2) is 227 Å². The van der Waals surface area contributed by atoms with Gasteiger partial charge in [-0.25, -0.2) is 0 Å². The monoisotopic (exact) mass is 782 g/mol. The predicted molar refractivity (Wildman–Crippen MR) is 255 cm³/mol. The summed E-state index contributed by atoms with van der Waals surface area (Å²) in [6.45, 7) is 0.644. The van der Waals surface area contributed by atoms with E-state index in [-0.39, 0.29) is 0 Å². The van der Waals surface area contributed by atoms with Gasteiger partial charge in [-0.1, -0.05) is 133 Å². The van der Waals surface area contributed by atoms with Crippen molar-refractivity contribution in [3.05, 3.63) is 224 Å². The highest BCUT2D eigenvalue weighted by atomic mass is 16.3. The lowest BCUT2D eigenvalue weighted by Crippen LogP contribution is -2.18. The second-order valence-electron chi connectivity index (χ2n) is 15.7. The summed E-state index contributed by atoms with van der Waals surface area (Å²) in [6.07, 6.45) is 0. The highest BCUT2D eigenvalue weighted by Crippen LogP contribution is 2.42. The second-order valence-corrected chi connectivity index (χ2v) is 15.7. The summed E-state index contributed by atoms with van der Waals surface area (Å²) in [6, 6.07) is 77.9. The Morgan fingerprint density at radius 2 is 0.869 bits per heavy atom. The average molecular weight is 783 g/mol. The van der Waals surface area contributed by atoms with E-state index in [0.717, 1.165) is 77.7 Å². The van der Waals surface area contributed by atoms with Gasteiger partial charge in [0.2, 0.25) is 0 Å². The number of hydrogen-bond donors (Lipinski definition) is 0. The first-order valence-corrected chi connectivity index (χ1v) is 20.8. The molecule has 10 aromatic carbocycles. The summed E-state index contributed by atoms with van der Waals surface area (Å²) < 4.78 is 12.8. The third kappa shape index (κ3) is 6.08. The summed E-state index contributed by atoms with van der Waals surface area (Å²) in [5, 5.41) is 9.22. The number of fused-ring (bicyclic) bond motifs is 9. The standard InChI is InChI=1S/C57H38N2O2/c1-3-14-38(15-4-1)47-21-8-7-16-41(47)37-58(44-30-31-50-48-22-9-11-24-54(48)61-57(50)35-44)43-19-13-20-45(33-43)59(42-17-5-2-6-18-42)46-29-28-39-26-27-40-32-56-53(36-52(40)51(39)34-46)49-23-10-12-25-55(49)60-56/h1-36H,37H2. The lowest BCUT2D eigenvalue weighted by atomic mass is 9.98. The molecule has 0 saturated heterocycles. The van der Waals surface area contributed by atoms with Crippen molar-refractivity contribution in [2.75, 3.05) is 9.80 Å². The number of hydrogen-bond acceptors (Lipinski definition) is 4. The Labute approximate surface area is 352 Å². The molecule has 2 aromatic heterocycles. The molecule has 0 bridgehead atoms. The first-order valence-electron chi connectivity index (χ1n) is 20.8. The molecule has 0 unspecified atom stereocenters. The van der Waals surface area contributed by atoms with Crippen LogP contribution in [0.1, 0.15) is 5.56 Å². The lowest BCUT2D eigenvalue weighted by molar-refractivity contribution is 0.668. The van der Waals surface area contributed by atoms with E-state index >= 15 is 0 Å². The molecule has 4 nitrogen and oxygen atoms in total. The van der Waals surface area contributed by atoms with E-state index in [1.165, 1.54) is 32.8 Å². The van der Waals surface area contributed by atoms with Crippen LogP contribution < -0.4 is 9.80 Å². The number of benzene rings is 10. The van der Waals surface area contributed by atoms with Crippen LogP contribution in [0.5, 0.6) is 0 Å². The van der Waals surface area contributed by atoms with Crippen molar-refractivity contribution in [3.8, 4) is 11.1 Å². The van der Waals surface area contributed by atoms with Crippen LogP contribution in [0.2, 0.25) is 0 Å². The molecule has 0 saturated carbocycles. The smallest absolute Gasteiger partial charge is 0.137 e. The van der Waals surface area contributed by atoms with Crippen molar-refractivity contribution in [3.63, 3.8) is 0 Å². The summed E-state index contributed by atoms with van der Waals surface area (Å²) >= 11 is 0. The molecule has 0 aliphatic heterocycles. The van der Waals surface area contributed by atoms with Crippen LogP contribution >= 0.6 is 0 Å². The molecule has 0 amide bonds. The number of rotatable bonds is 8. The minimum atomic E-state index is 0.644. The third-order valence-corrected chi connectivity index (χ3v) is 12.1. The molecule has 0 spiro atoms. The van der Waals surface area contributed by atoms with E-state index in [0.29, 0.717) is 6.54 Å². The van der Waals surface area contributed by atoms with E-state index in [2.05, 4.69) is 204 Å². The Balaban J connectivity index is 1.02. The molecule has 12 rings (SSSR count). The Morgan fingerprint density at radius 3 is 1.69 bits per heavy atom. The zero-order valence-electron chi connectivity index (χ0n) is 33.2. The fraction of sp³-hybridized carbons (Fsp3) is 0.0175. The Kier molecular flexibility index (Phi) is 8.20. The summed E-state index contributed by atoms with van der Waals surface area (Å²) in [4.78, 5) is 4.78. The number of para-hydroxylation sites is 3. The van der Waals surface area contributed by atoms with Gasteiger partial charge in [0.1, 0.15) is 22.3 Å². The average Bonchev–Trinajstić information content (AvgIpc) is 3.88. The maximum atomic E-state index is 6.47. The van der Waals surface area contributed by atoms with Gasteiger partial charge < -0.3 is 18.6 Å². The van der Waals surface area contributed by atoms with Gasteiger partial charge in [-0.15, -0.1) is 0 Å². The normalized spacial score (nSPS) is 11.7. The fourth-order valence-electron chi connectivity index (χ4n) is 9.17. The predicted octanol–water partition coefficient (Wildman–Crippen LogP) is 16.3. The van der Waals surface area contributed by atoms with Crippen molar-refractivity contribution in [1.29, 1.82) is 0 Å². The van der Waals surface area contributed by atoms with E-state index in [1.54, 1.807) is 0 Å². The molecule has 0 fully saturated rings. The molecule has 12 aromatic rings. The quantitative estimate of drug-likeness (QED) is 0.144. The molecule has 4 heteroatoms. The van der Waals surface area contributed by atoms with Crippen LogP contribution in [-0.4, -0.2) is 0 Å². The molecule has 61 heavy (non-hydrogen) atoms. The Morgan fingerprint density at radius 1 is 0.311 bits per heavy atom. The van der Waals surface area contributed by atoms with Crippen molar-refractivity contribution in [1.82, 2.24) is 0 Å². The van der Waals surface area contributed by atoms with Crippen LogP contribution in [0.4, 0.5) is 28.4 Å². The van der Waals surface area contributed by atoms with E-state index < -0.39 is 0 Å². The summed E-state index contributed by atoms with van der Waals surface area (Å²) in [5.41, 5.74) is 12.5. The first kappa shape index (κ1) is 34.9. The van der Waals surface area contributed by atoms with Crippen LogP contribution in [0.3, 0.4) is 0 Å². The van der Waals surface area contributed by atoms with Crippen LogP contribution in [0.25, 0.3) is 76.5 Å². The second kappa shape index (κ2) is 14.3. The minimum absolute atomic E-state index is 0.644. The molecule has 0 N–H and O–H groups in total. The van der Waals surface area contributed by atoms with Gasteiger partial charge >= 0.3 is 0 Å². The summed E-state index contributed by atoms with van der Waals surface area (Å²) in [5.74, 6) is 0. The van der Waals surface area contributed by atoms with Crippen molar-refractivity contribution in [2.45, 2.75) is 6.54 Å². The molecular formula is C57H38N2O2. The first-order chi connectivity index (χ1) is 30.2. The van der Waals surface area contributed by atoms with Gasteiger partial charge in [-0.05, 0) is 117 Å². The molecular weight excluding hydrogens is 745 g/mol. The zero-order valence-corrected chi connectivity index (χ0v) is 33.2. The number of anilines is 5. The Hall–Kier alpha value is -8.08. The molecule has 0 atom stereocenters. The zero-order chi connectivity index (χ0) is 40.3. The van der Waals surface area contributed by atoms with E-state index in [1.807, 2.05) is 24.3 Å². The van der Waals surface area contributed by atoms with Gasteiger partial charge in [0, 0.05) is 62.6 Å². The van der Waals surface area contributed by atoms with Crippen molar-refractivity contribution >= 4 is 93.9 Å². The lowest BCUT2D eigenvalue weighted by Gasteiger charge is -2.30. The summed E-state index contributed by atoms with van der Waals surface area (Å²) in [7, 11) is 0. The van der Waals surface area contributed by atoms with Gasteiger partial charge in [0.15, 0.2) is 0 Å². The molecule has 0 radical (unpaired) electrons. The molecule has 0 aliphatic carbocycles. The largest absolute Gasteiger partial charge is 0.456 e. The SMILES string of the molecule is c1ccc(-c2ccccc2CN(c2cccc(N(c3ccccc3)c3ccc4ccc5cc6oc7ccccc7c6cc5c4c3)c2)c2ccc3c(c2)oc2ccccc23)cc1. The molecule has 0 aliphatic rings. The number of furan rings is 2. The Bertz CT molecular complexity index is 3590. The van der Waals surface area contributed by atoms with Crippen molar-refractivity contribution < 1.29 is 8.83 Å². The van der Waals surface area contributed by atoms with Crippen LogP contribution in [-0.2, 0) is 6.54 Å². The fourth-order valence-corrected chi connectivity index (χ4v) is 9.17. The molecule has 288 valence electrons. The van der Waals surface area contributed by atoms with Gasteiger partial charge in [-0.2, -0.15) is 0 Å². The third-order valence-electron chi connectivity index (χ3n) is 12.1. The van der Waals surface area contributed by atoms with Crippen molar-refractivity contribution in [2.24, 2.45) is 0 Å². The van der Waals surface area contributed by atoms with Gasteiger partial charge in [0.25, 0.3) is 0 Å².